The molecular weight excluding hydrogens is 406 g/mol. The number of nitrogens with one attached hydrogen (secondary N) is 3. The van der Waals surface area contributed by atoms with E-state index in [9.17, 15) is 19.7 Å². The van der Waals surface area contributed by atoms with Crippen LogP contribution in [0.3, 0.4) is 0 Å². The summed E-state index contributed by atoms with van der Waals surface area (Å²) < 4.78 is 5.00. The fourth-order valence-electron chi connectivity index (χ4n) is 2.53. The van der Waals surface area contributed by atoms with Crippen molar-refractivity contribution in [2.24, 2.45) is 0 Å². The highest BCUT2D eigenvalue weighted by molar-refractivity contribution is 5.97. The zero-order chi connectivity index (χ0) is 22.2. The first-order valence-corrected chi connectivity index (χ1v) is 9.00. The summed E-state index contributed by atoms with van der Waals surface area (Å²) in [5.41, 5.74) is 4.97. The Morgan fingerprint density at radius 2 is 1.81 bits per heavy atom. The highest BCUT2D eigenvalue weighted by Crippen LogP contribution is 2.31. The van der Waals surface area contributed by atoms with Gasteiger partial charge in [0.2, 0.25) is 11.6 Å². The molecule has 0 aliphatic rings. The highest BCUT2D eigenvalue weighted by Gasteiger charge is 2.25. The van der Waals surface area contributed by atoms with Gasteiger partial charge in [-0.2, -0.15) is 0 Å². The fraction of sp³-hybridized carbons (Fsp3) is 0.105. The van der Waals surface area contributed by atoms with Crippen LogP contribution in [0.2, 0.25) is 0 Å². The molecule has 1 aromatic carbocycles. The summed E-state index contributed by atoms with van der Waals surface area (Å²) >= 11 is 0. The molecule has 3 N–H and O–H groups in total. The van der Waals surface area contributed by atoms with E-state index in [1.165, 1.54) is 30.6 Å². The lowest BCUT2D eigenvalue weighted by atomic mass is 10.2. The van der Waals surface area contributed by atoms with Crippen molar-refractivity contribution in [1.29, 1.82) is 0 Å². The topological polar surface area (TPSA) is 161 Å². The van der Waals surface area contributed by atoms with Gasteiger partial charge in [-0.15, -0.1) is 0 Å². The number of hydrogen-bond acceptors (Lipinski definition) is 10. The molecule has 31 heavy (non-hydrogen) atoms. The number of carbonyl (C=O) groups excluding carboxylic acids is 2. The van der Waals surface area contributed by atoms with Crippen LogP contribution in [0.25, 0.3) is 0 Å². The van der Waals surface area contributed by atoms with Crippen LogP contribution in [0.5, 0.6) is 0 Å². The lowest BCUT2D eigenvalue weighted by Gasteiger charge is -2.13. The van der Waals surface area contributed by atoms with Crippen molar-refractivity contribution in [3.05, 3.63) is 76.4 Å². The largest absolute Gasteiger partial charge is 0.462 e. The van der Waals surface area contributed by atoms with Gasteiger partial charge in [0.25, 0.3) is 5.91 Å². The Morgan fingerprint density at radius 1 is 1.10 bits per heavy atom. The van der Waals surface area contributed by atoms with Gasteiger partial charge in [-0.3, -0.25) is 30.7 Å². The summed E-state index contributed by atoms with van der Waals surface area (Å²) in [5, 5.41) is 14.5. The highest BCUT2D eigenvalue weighted by atomic mass is 16.6. The minimum Gasteiger partial charge on any atom is -0.462 e. The monoisotopic (exact) mass is 423 g/mol. The van der Waals surface area contributed by atoms with Gasteiger partial charge in [-0.25, -0.2) is 14.8 Å². The van der Waals surface area contributed by atoms with Crippen LogP contribution in [0.4, 0.5) is 23.0 Å². The third-order valence-corrected chi connectivity index (χ3v) is 3.92. The molecule has 12 heteroatoms. The number of para-hydroxylation sites is 1. The second-order valence-electron chi connectivity index (χ2n) is 5.88. The van der Waals surface area contributed by atoms with Gasteiger partial charge < -0.3 is 10.1 Å². The van der Waals surface area contributed by atoms with Gasteiger partial charge in [0.05, 0.1) is 22.8 Å². The SMILES string of the molecule is CCOC(=O)c1ccccc1Nc1ncnc(NNC(=O)c2ccncc2)c1[N+](=O)[O-]. The molecule has 0 bridgehead atoms. The molecule has 12 nitrogen and oxygen atoms in total. The quantitative estimate of drug-likeness (QED) is 0.279. The maximum Gasteiger partial charge on any atom is 0.355 e. The van der Waals surface area contributed by atoms with Crippen LogP contribution < -0.4 is 16.2 Å². The second kappa shape index (κ2) is 9.73. The van der Waals surface area contributed by atoms with E-state index in [1.54, 1.807) is 25.1 Å². The predicted octanol–water partition coefficient (Wildman–Crippen LogP) is 2.46. The molecule has 0 saturated carbocycles. The fourth-order valence-corrected chi connectivity index (χ4v) is 2.53. The summed E-state index contributed by atoms with van der Waals surface area (Å²) in [5.74, 6) is -1.57. The third kappa shape index (κ3) is 5.06. The number of ether oxygens (including phenoxy) is 1. The Morgan fingerprint density at radius 3 is 2.52 bits per heavy atom. The lowest BCUT2D eigenvalue weighted by molar-refractivity contribution is -0.383. The van der Waals surface area contributed by atoms with E-state index in [4.69, 9.17) is 4.74 Å². The smallest absolute Gasteiger partial charge is 0.355 e. The number of hydrazine groups is 1. The van der Waals surface area contributed by atoms with E-state index in [-0.39, 0.29) is 29.5 Å². The van der Waals surface area contributed by atoms with Crippen LogP contribution >= 0.6 is 0 Å². The van der Waals surface area contributed by atoms with Crippen LogP contribution in [-0.2, 0) is 4.74 Å². The van der Waals surface area contributed by atoms with Crippen LogP contribution in [-0.4, -0.2) is 38.4 Å². The summed E-state index contributed by atoms with van der Waals surface area (Å²) in [7, 11) is 0. The van der Waals surface area contributed by atoms with Crippen molar-refractivity contribution in [2.75, 3.05) is 17.3 Å². The molecule has 2 aromatic heterocycles. The van der Waals surface area contributed by atoms with E-state index in [1.807, 2.05) is 0 Å². The number of amides is 1. The Balaban J connectivity index is 1.87. The maximum absolute atomic E-state index is 12.2. The van der Waals surface area contributed by atoms with E-state index in [0.29, 0.717) is 5.56 Å². The van der Waals surface area contributed by atoms with Crippen molar-refractivity contribution < 1.29 is 19.2 Å². The molecular formula is C19H17N7O5. The van der Waals surface area contributed by atoms with Crippen LogP contribution in [0, 0.1) is 10.1 Å². The summed E-state index contributed by atoms with van der Waals surface area (Å²) in [6, 6.07) is 9.30. The van der Waals surface area contributed by atoms with Crippen LogP contribution in [0.15, 0.2) is 55.1 Å². The maximum atomic E-state index is 12.2. The third-order valence-electron chi connectivity index (χ3n) is 3.92. The standard InChI is InChI=1S/C19H17N7O5/c1-2-31-19(28)13-5-3-4-6-14(13)23-16-15(26(29)30)17(22-11-21-16)24-25-18(27)12-7-9-20-10-8-12/h3-11H,2H2,1H3,(H,25,27)(H2,21,22,23,24). The van der Waals surface area contributed by atoms with Crippen molar-refractivity contribution in [1.82, 2.24) is 20.4 Å². The van der Waals surface area contributed by atoms with E-state index < -0.39 is 22.5 Å². The van der Waals surface area contributed by atoms with Gasteiger partial charge in [-0.05, 0) is 31.2 Å². The lowest BCUT2D eigenvalue weighted by Crippen LogP contribution is -2.30. The molecule has 0 spiro atoms. The Kier molecular flexibility index (Phi) is 6.63. The number of nitro groups is 1. The van der Waals surface area contributed by atoms with Crippen molar-refractivity contribution >= 4 is 34.9 Å². The zero-order valence-electron chi connectivity index (χ0n) is 16.2. The van der Waals surface area contributed by atoms with E-state index in [2.05, 4.69) is 31.1 Å². The predicted molar refractivity (Wildman–Crippen MR) is 110 cm³/mol. The molecule has 0 aliphatic heterocycles. The van der Waals surface area contributed by atoms with Gasteiger partial charge in [-0.1, -0.05) is 12.1 Å². The Labute approximate surface area is 175 Å². The Hall–Kier alpha value is -4.61. The molecule has 2 heterocycles. The molecule has 3 aromatic rings. The average Bonchev–Trinajstić information content (AvgIpc) is 2.78. The van der Waals surface area contributed by atoms with Crippen molar-refractivity contribution in [3.63, 3.8) is 0 Å². The number of anilines is 3. The first kappa shape index (κ1) is 21.1. The average molecular weight is 423 g/mol. The zero-order valence-corrected chi connectivity index (χ0v) is 16.2. The first-order valence-electron chi connectivity index (χ1n) is 9.00. The molecule has 158 valence electrons. The number of nitrogens with zero attached hydrogens (tertiary/aromatic N) is 4. The molecule has 0 unspecified atom stereocenters. The van der Waals surface area contributed by atoms with Crippen molar-refractivity contribution in [3.8, 4) is 0 Å². The van der Waals surface area contributed by atoms with E-state index >= 15 is 0 Å². The first-order chi connectivity index (χ1) is 15.0. The second-order valence-corrected chi connectivity index (χ2v) is 5.88. The molecule has 0 atom stereocenters. The number of aromatic nitrogens is 3. The Bertz CT molecular complexity index is 1110. The number of benzene rings is 1. The molecule has 3 rings (SSSR count). The molecule has 0 radical (unpaired) electrons. The number of esters is 1. The van der Waals surface area contributed by atoms with Gasteiger partial charge in [0, 0.05) is 18.0 Å². The summed E-state index contributed by atoms with van der Waals surface area (Å²) in [6.07, 6.45) is 3.94. The summed E-state index contributed by atoms with van der Waals surface area (Å²) in [6.45, 7) is 1.84. The van der Waals surface area contributed by atoms with Gasteiger partial charge in [0.15, 0.2) is 0 Å². The molecule has 1 amide bonds. The number of rotatable bonds is 8. The van der Waals surface area contributed by atoms with Gasteiger partial charge >= 0.3 is 11.7 Å². The van der Waals surface area contributed by atoms with Crippen LogP contribution in [0.1, 0.15) is 27.6 Å². The number of pyridine rings is 1. The molecule has 0 fully saturated rings. The molecule has 0 saturated heterocycles. The van der Waals surface area contributed by atoms with Crippen molar-refractivity contribution in [2.45, 2.75) is 6.92 Å². The minimum absolute atomic E-state index is 0.173. The molecule has 0 aliphatic carbocycles. The van der Waals surface area contributed by atoms with Gasteiger partial charge in [0.1, 0.15) is 6.33 Å². The van der Waals surface area contributed by atoms with E-state index in [0.717, 1.165) is 6.33 Å². The normalized spacial score (nSPS) is 10.1. The number of carbonyl (C=O) groups is 2. The summed E-state index contributed by atoms with van der Waals surface area (Å²) in [4.78, 5) is 46.9. The minimum atomic E-state index is -0.712. The number of hydrogen-bond donors (Lipinski definition) is 3.